The lowest BCUT2D eigenvalue weighted by Crippen LogP contribution is -2.49. The molecule has 2 aromatic rings. The number of anilines is 1. The lowest BCUT2D eigenvalue weighted by molar-refractivity contribution is -0.137. The van der Waals surface area contributed by atoms with E-state index in [-0.39, 0.29) is 11.4 Å². The molecule has 0 atom stereocenters. The van der Waals surface area contributed by atoms with Gasteiger partial charge in [-0.3, -0.25) is 4.79 Å². The SMILES string of the molecule is CC(C)(O)C(C)(C)O[B]c1ccc(C(=O)Nc2cc(C(F)(F)F)ccn2)cc1. The van der Waals surface area contributed by atoms with Gasteiger partial charge in [-0.2, -0.15) is 13.2 Å². The molecule has 28 heavy (non-hydrogen) atoms. The molecule has 2 N–H and O–H groups in total. The summed E-state index contributed by atoms with van der Waals surface area (Å²) in [4.78, 5) is 16.0. The van der Waals surface area contributed by atoms with E-state index >= 15 is 0 Å². The number of nitrogens with one attached hydrogen (secondary N) is 1. The van der Waals surface area contributed by atoms with Crippen LogP contribution in [0.5, 0.6) is 0 Å². The highest BCUT2D eigenvalue weighted by Crippen LogP contribution is 2.30. The van der Waals surface area contributed by atoms with Crippen molar-refractivity contribution in [3.05, 3.63) is 53.7 Å². The number of amides is 1. The maximum absolute atomic E-state index is 12.7. The lowest BCUT2D eigenvalue weighted by Gasteiger charge is -2.37. The Labute approximate surface area is 162 Å². The number of halogens is 3. The Morgan fingerprint density at radius 2 is 1.71 bits per heavy atom. The molecule has 0 aliphatic heterocycles. The fourth-order valence-electron chi connectivity index (χ4n) is 1.94. The number of carbonyl (C=O) groups excluding carboxylic acids is 1. The smallest absolute Gasteiger partial charge is 0.416 e. The van der Waals surface area contributed by atoms with Gasteiger partial charge in [0.2, 0.25) is 0 Å². The van der Waals surface area contributed by atoms with Gasteiger partial charge in [0.1, 0.15) is 5.82 Å². The fraction of sp³-hybridized carbons (Fsp3) is 0.368. The molecule has 1 amide bonds. The Hall–Kier alpha value is -2.39. The van der Waals surface area contributed by atoms with Crippen LogP contribution in [0.2, 0.25) is 0 Å². The van der Waals surface area contributed by atoms with Crippen molar-refractivity contribution in [1.29, 1.82) is 0 Å². The molecule has 1 heterocycles. The van der Waals surface area contributed by atoms with Crippen LogP contribution in [0, 0.1) is 0 Å². The summed E-state index contributed by atoms with van der Waals surface area (Å²) in [7, 11) is 1.47. The Balaban J connectivity index is 2.03. The molecule has 0 saturated carbocycles. The zero-order valence-corrected chi connectivity index (χ0v) is 16.0. The van der Waals surface area contributed by atoms with E-state index in [0.29, 0.717) is 5.46 Å². The van der Waals surface area contributed by atoms with Crippen molar-refractivity contribution in [2.75, 3.05) is 5.32 Å². The summed E-state index contributed by atoms with van der Waals surface area (Å²) in [6.45, 7) is 6.76. The summed E-state index contributed by atoms with van der Waals surface area (Å²) in [6.07, 6.45) is -3.53. The topological polar surface area (TPSA) is 71.5 Å². The predicted molar refractivity (Wildman–Crippen MR) is 100 cm³/mol. The Kier molecular flexibility index (Phi) is 6.20. The Morgan fingerprint density at radius 1 is 1.11 bits per heavy atom. The van der Waals surface area contributed by atoms with Crippen LogP contribution in [0.1, 0.15) is 43.6 Å². The second-order valence-electron chi connectivity index (χ2n) is 7.31. The van der Waals surface area contributed by atoms with Gasteiger partial charge < -0.3 is 15.1 Å². The van der Waals surface area contributed by atoms with E-state index in [4.69, 9.17) is 4.65 Å². The summed E-state index contributed by atoms with van der Waals surface area (Å²) >= 11 is 0. The molecule has 0 bridgehead atoms. The van der Waals surface area contributed by atoms with Crippen LogP contribution < -0.4 is 10.8 Å². The van der Waals surface area contributed by atoms with E-state index in [9.17, 15) is 23.1 Å². The van der Waals surface area contributed by atoms with Gasteiger partial charge in [-0.1, -0.05) is 17.6 Å². The van der Waals surface area contributed by atoms with Crippen LogP contribution in [0.15, 0.2) is 42.6 Å². The van der Waals surface area contributed by atoms with Gasteiger partial charge in [0.05, 0.1) is 16.8 Å². The second-order valence-corrected chi connectivity index (χ2v) is 7.31. The number of carbonyl (C=O) groups is 1. The highest BCUT2D eigenvalue weighted by atomic mass is 19.4. The number of alkyl halides is 3. The monoisotopic (exact) mass is 393 g/mol. The number of benzene rings is 1. The van der Waals surface area contributed by atoms with Crippen molar-refractivity contribution in [2.24, 2.45) is 0 Å². The van der Waals surface area contributed by atoms with Crippen molar-refractivity contribution in [1.82, 2.24) is 4.98 Å². The Morgan fingerprint density at radius 3 is 2.25 bits per heavy atom. The minimum atomic E-state index is -4.52. The highest BCUT2D eigenvalue weighted by Gasteiger charge is 2.35. The van der Waals surface area contributed by atoms with Gasteiger partial charge in [-0.05, 0) is 52.0 Å². The number of hydrogen-bond acceptors (Lipinski definition) is 4. The molecule has 149 valence electrons. The molecular weight excluding hydrogens is 372 g/mol. The molecule has 0 unspecified atom stereocenters. The summed E-state index contributed by atoms with van der Waals surface area (Å²) < 4.78 is 43.8. The molecule has 0 aliphatic rings. The maximum Gasteiger partial charge on any atom is 0.416 e. The van der Waals surface area contributed by atoms with E-state index in [1.54, 1.807) is 39.8 Å². The van der Waals surface area contributed by atoms with Crippen molar-refractivity contribution >= 4 is 24.7 Å². The first kappa shape index (κ1) is 21.9. The average molecular weight is 393 g/mol. The number of pyridine rings is 1. The normalized spacial score (nSPS) is 12.6. The molecule has 2 rings (SSSR count). The third kappa shape index (κ3) is 5.56. The molecular formula is C19H21BF3N2O3. The third-order valence-corrected chi connectivity index (χ3v) is 4.46. The minimum absolute atomic E-state index is 0.189. The van der Waals surface area contributed by atoms with Crippen molar-refractivity contribution in [2.45, 2.75) is 45.1 Å². The van der Waals surface area contributed by atoms with E-state index in [1.165, 1.54) is 19.6 Å². The van der Waals surface area contributed by atoms with Gasteiger partial charge in [0, 0.05) is 11.8 Å². The number of aromatic nitrogens is 1. The zero-order valence-electron chi connectivity index (χ0n) is 16.0. The predicted octanol–water partition coefficient (Wildman–Crippen LogP) is 3.16. The Bertz CT molecular complexity index is 832. The van der Waals surface area contributed by atoms with Crippen LogP contribution in [-0.2, 0) is 10.8 Å². The zero-order chi connectivity index (χ0) is 21.2. The first-order valence-electron chi connectivity index (χ1n) is 8.48. The number of hydrogen-bond donors (Lipinski definition) is 2. The van der Waals surface area contributed by atoms with Crippen molar-refractivity contribution < 1.29 is 27.7 Å². The van der Waals surface area contributed by atoms with E-state index in [1.807, 2.05) is 0 Å². The molecule has 0 spiro atoms. The number of rotatable bonds is 6. The first-order chi connectivity index (χ1) is 12.8. The van der Waals surface area contributed by atoms with E-state index in [0.717, 1.165) is 18.3 Å². The first-order valence-corrected chi connectivity index (χ1v) is 8.48. The second kappa shape index (κ2) is 7.93. The van der Waals surface area contributed by atoms with Gasteiger partial charge >= 0.3 is 13.7 Å². The molecule has 1 aromatic heterocycles. The molecule has 0 aliphatic carbocycles. The van der Waals surface area contributed by atoms with Crippen LogP contribution in [0.3, 0.4) is 0 Å². The molecule has 5 nitrogen and oxygen atoms in total. The summed E-state index contributed by atoms with van der Waals surface area (Å²) in [5, 5.41) is 12.4. The van der Waals surface area contributed by atoms with Crippen LogP contribution in [-0.4, -0.2) is 34.7 Å². The maximum atomic E-state index is 12.7. The molecule has 9 heteroatoms. The van der Waals surface area contributed by atoms with Gasteiger partial charge in [0.25, 0.3) is 5.91 Å². The van der Waals surface area contributed by atoms with E-state index < -0.39 is 28.8 Å². The van der Waals surface area contributed by atoms with Crippen LogP contribution >= 0.6 is 0 Å². The fourth-order valence-corrected chi connectivity index (χ4v) is 1.94. The summed E-state index contributed by atoms with van der Waals surface area (Å²) in [5.41, 5.74) is -1.89. The minimum Gasteiger partial charge on any atom is -0.427 e. The molecule has 0 fully saturated rings. The number of aliphatic hydroxyl groups is 1. The van der Waals surface area contributed by atoms with Crippen LogP contribution in [0.4, 0.5) is 19.0 Å². The molecule has 0 saturated heterocycles. The van der Waals surface area contributed by atoms with Crippen molar-refractivity contribution in [3.63, 3.8) is 0 Å². The third-order valence-electron chi connectivity index (χ3n) is 4.46. The lowest BCUT2D eigenvalue weighted by atomic mass is 9.82. The van der Waals surface area contributed by atoms with Gasteiger partial charge in [0.15, 0.2) is 0 Å². The quantitative estimate of drug-likeness (QED) is 0.740. The van der Waals surface area contributed by atoms with Crippen molar-refractivity contribution in [3.8, 4) is 0 Å². The largest absolute Gasteiger partial charge is 0.427 e. The van der Waals surface area contributed by atoms with Gasteiger partial charge in [-0.25, -0.2) is 4.98 Å². The average Bonchev–Trinajstić information content (AvgIpc) is 2.59. The highest BCUT2D eigenvalue weighted by molar-refractivity contribution is 6.47. The number of nitrogens with zero attached hydrogens (tertiary/aromatic N) is 1. The molecule has 1 radical (unpaired) electrons. The molecule has 1 aromatic carbocycles. The summed E-state index contributed by atoms with van der Waals surface area (Å²) in [5.74, 6) is -0.776. The van der Waals surface area contributed by atoms with Crippen LogP contribution in [0.25, 0.3) is 0 Å². The van der Waals surface area contributed by atoms with E-state index in [2.05, 4.69) is 10.3 Å². The van der Waals surface area contributed by atoms with Gasteiger partial charge in [-0.15, -0.1) is 0 Å². The standard InChI is InChI=1S/C19H21BF3N2O3/c1-17(2,27)18(3,4)28-20-14-7-5-12(6-8-14)16(26)25-15-11-13(9-10-24-15)19(21,22)23/h5-11,27H,1-4H3,(H,24,25,26). The summed E-state index contributed by atoms with van der Waals surface area (Å²) in [6, 6.07) is 7.86.